The highest BCUT2D eigenvalue weighted by atomic mass is 16.5. The van der Waals surface area contributed by atoms with Crippen LogP contribution in [0.4, 0.5) is 0 Å². The second-order valence-corrected chi connectivity index (χ2v) is 3.24. The summed E-state index contributed by atoms with van der Waals surface area (Å²) in [5, 5.41) is 0. The van der Waals surface area contributed by atoms with E-state index in [-0.39, 0.29) is 12.3 Å². The molecule has 96 valence electrons. The van der Waals surface area contributed by atoms with Crippen LogP contribution in [0, 0.1) is 0 Å². The summed E-state index contributed by atoms with van der Waals surface area (Å²) in [5.41, 5.74) is 9.03. The molecule has 0 N–H and O–H groups in total. The van der Waals surface area contributed by atoms with E-state index in [0.717, 1.165) is 0 Å². The van der Waals surface area contributed by atoms with Gasteiger partial charge >= 0.3 is 11.7 Å². The number of benzene rings is 1. The molecule has 1 rings (SSSR count). The predicted molar refractivity (Wildman–Crippen MR) is 63.9 cm³/mol. The van der Waals surface area contributed by atoms with E-state index in [4.69, 9.17) is 19.7 Å². The minimum absolute atomic E-state index is 0.185. The first-order chi connectivity index (χ1) is 8.67. The van der Waals surface area contributed by atoms with E-state index in [1.54, 1.807) is 19.1 Å². The van der Waals surface area contributed by atoms with Crippen molar-refractivity contribution in [1.82, 2.24) is 0 Å². The standard InChI is InChI=1S/C12H14N2O4/c1-4-18-12(15)11(14-13)9-7-8(16-2)5-6-10(9)17-3/h5-7H,4H2,1-3H3. The number of hydrogen-bond donors (Lipinski definition) is 0. The van der Waals surface area contributed by atoms with Gasteiger partial charge in [-0.3, -0.25) is 0 Å². The van der Waals surface area contributed by atoms with Gasteiger partial charge in [0.25, 0.3) is 0 Å². The van der Waals surface area contributed by atoms with Crippen molar-refractivity contribution in [1.29, 1.82) is 0 Å². The van der Waals surface area contributed by atoms with Crippen LogP contribution in [0.3, 0.4) is 0 Å². The van der Waals surface area contributed by atoms with Crippen molar-refractivity contribution < 1.29 is 23.8 Å². The highest BCUT2D eigenvalue weighted by Crippen LogP contribution is 2.24. The second kappa shape index (κ2) is 6.42. The third-order valence-corrected chi connectivity index (χ3v) is 2.23. The average molecular weight is 250 g/mol. The van der Waals surface area contributed by atoms with Gasteiger partial charge < -0.3 is 19.7 Å². The fourth-order valence-corrected chi connectivity index (χ4v) is 1.40. The minimum Gasteiger partial charge on any atom is -0.497 e. The van der Waals surface area contributed by atoms with Gasteiger partial charge in [0.1, 0.15) is 17.1 Å². The summed E-state index contributed by atoms with van der Waals surface area (Å²) in [6.45, 7) is 1.85. The number of carbonyl (C=O) groups excluding carboxylic acids is 1. The summed E-state index contributed by atoms with van der Waals surface area (Å²) < 4.78 is 14.9. The van der Waals surface area contributed by atoms with Gasteiger partial charge in [-0.15, -0.1) is 0 Å². The quantitative estimate of drug-likeness (QED) is 0.341. The largest absolute Gasteiger partial charge is 0.497 e. The van der Waals surface area contributed by atoms with E-state index in [2.05, 4.69) is 4.79 Å². The first-order valence-corrected chi connectivity index (χ1v) is 5.29. The fourth-order valence-electron chi connectivity index (χ4n) is 1.40. The van der Waals surface area contributed by atoms with Crippen LogP contribution in [-0.2, 0) is 9.53 Å². The summed E-state index contributed by atoms with van der Waals surface area (Å²) in [7, 11) is 2.94. The number of nitrogens with zero attached hydrogens (tertiary/aromatic N) is 2. The van der Waals surface area contributed by atoms with Crippen LogP contribution >= 0.6 is 0 Å². The molecule has 0 aliphatic heterocycles. The second-order valence-electron chi connectivity index (χ2n) is 3.24. The Morgan fingerprint density at radius 1 is 1.33 bits per heavy atom. The maximum Gasteiger partial charge on any atom is 0.422 e. The molecule has 0 saturated heterocycles. The van der Waals surface area contributed by atoms with Crippen molar-refractivity contribution in [2.45, 2.75) is 6.92 Å². The van der Waals surface area contributed by atoms with Gasteiger partial charge in [-0.05, 0) is 25.1 Å². The van der Waals surface area contributed by atoms with E-state index < -0.39 is 5.97 Å². The molecule has 6 heteroatoms. The SMILES string of the molecule is CCOC(=O)C(=[N+]=[N-])c1cc(OC)ccc1OC. The smallest absolute Gasteiger partial charge is 0.422 e. The molecule has 0 spiro atoms. The lowest BCUT2D eigenvalue weighted by Crippen LogP contribution is -2.20. The maximum absolute atomic E-state index is 11.6. The third-order valence-electron chi connectivity index (χ3n) is 2.23. The molecule has 6 nitrogen and oxygen atoms in total. The van der Waals surface area contributed by atoms with E-state index in [1.807, 2.05) is 0 Å². The number of ether oxygens (including phenoxy) is 3. The highest BCUT2D eigenvalue weighted by Gasteiger charge is 2.28. The molecule has 0 atom stereocenters. The number of rotatable bonds is 5. The number of hydrogen-bond acceptors (Lipinski definition) is 4. The molecule has 0 radical (unpaired) electrons. The fraction of sp³-hybridized carbons (Fsp3) is 0.333. The number of esters is 1. The first-order valence-electron chi connectivity index (χ1n) is 5.29. The van der Waals surface area contributed by atoms with Crippen LogP contribution < -0.4 is 9.47 Å². The van der Waals surface area contributed by atoms with Gasteiger partial charge in [-0.2, -0.15) is 4.79 Å². The van der Waals surface area contributed by atoms with Crippen LogP contribution in [0.15, 0.2) is 18.2 Å². The first kappa shape index (κ1) is 13.7. The maximum atomic E-state index is 11.6. The molecule has 0 unspecified atom stereocenters. The normalized spacial score (nSPS) is 9.28. The molecule has 0 heterocycles. The van der Waals surface area contributed by atoms with E-state index in [9.17, 15) is 4.79 Å². The average Bonchev–Trinajstić information content (AvgIpc) is 2.39. The molecule has 0 saturated carbocycles. The molecule has 0 fully saturated rings. The number of carbonyl (C=O) groups is 1. The van der Waals surface area contributed by atoms with Crippen LogP contribution in [-0.4, -0.2) is 37.3 Å². The van der Waals surface area contributed by atoms with E-state index in [0.29, 0.717) is 17.1 Å². The summed E-state index contributed by atoms with van der Waals surface area (Å²) in [6, 6.07) is 4.81. The molecule has 18 heavy (non-hydrogen) atoms. The van der Waals surface area contributed by atoms with Crippen LogP contribution in [0.5, 0.6) is 11.5 Å². The Hall–Kier alpha value is -2.33. The molecule has 0 aromatic heterocycles. The summed E-state index contributed by atoms with van der Waals surface area (Å²) in [4.78, 5) is 14.6. The van der Waals surface area contributed by atoms with Crippen molar-refractivity contribution in [3.05, 3.63) is 29.3 Å². The van der Waals surface area contributed by atoms with Crippen molar-refractivity contribution in [3.63, 3.8) is 0 Å². The van der Waals surface area contributed by atoms with Crippen molar-refractivity contribution in [2.24, 2.45) is 0 Å². The molecule has 0 aliphatic carbocycles. The van der Waals surface area contributed by atoms with Crippen molar-refractivity contribution in [2.75, 3.05) is 20.8 Å². The van der Waals surface area contributed by atoms with Crippen LogP contribution in [0.25, 0.3) is 5.53 Å². The molecule has 0 bridgehead atoms. The molecular weight excluding hydrogens is 236 g/mol. The van der Waals surface area contributed by atoms with Crippen LogP contribution in [0.2, 0.25) is 0 Å². The Labute approximate surface area is 105 Å². The Morgan fingerprint density at radius 2 is 2.06 bits per heavy atom. The van der Waals surface area contributed by atoms with Crippen molar-refractivity contribution in [3.8, 4) is 11.5 Å². The van der Waals surface area contributed by atoms with Gasteiger partial charge in [0.05, 0.1) is 20.8 Å². The van der Waals surface area contributed by atoms with E-state index in [1.165, 1.54) is 20.3 Å². The lowest BCUT2D eigenvalue weighted by atomic mass is 10.1. The van der Waals surface area contributed by atoms with Gasteiger partial charge in [-0.25, -0.2) is 4.79 Å². The predicted octanol–water partition coefficient (Wildman–Crippen LogP) is 1.29. The zero-order valence-corrected chi connectivity index (χ0v) is 10.5. The topological polar surface area (TPSA) is 81.2 Å². The lowest BCUT2D eigenvalue weighted by molar-refractivity contribution is -0.139. The summed E-state index contributed by atoms with van der Waals surface area (Å²) >= 11 is 0. The van der Waals surface area contributed by atoms with Gasteiger partial charge in [0, 0.05) is 0 Å². The zero-order chi connectivity index (χ0) is 13.5. The monoisotopic (exact) mass is 250 g/mol. The summed E-state index contributed by atoms with van der Waals surface area (Å²) in [6.07, 6.45) is 0. The molecule has 1 aromatic carbocycles. The van der Waals surface area contributed by atoms with Gasteiger partial charge in [0.2, 0.25) is 0 Å². The Morgan fingerprint density at radius 3 is 2.56 bits per heavy atom. The third kappa shape index (κ3) is 2.87. The molecule has 1 aromatic rings. The van der Waals surface area contributed by atoms with Gasteiger partial charge in [0.15, 0.2) is 0 Å². The van der Waals surface area contributed by atoms with E-state index >= 15 is 0 Å². The Bertz CT molecular complexity index is 493. The van der Waals surface area contributed by atoms with Gasteiger partial charge in [-0.1, -0.05) is 0 Å². The van der Waals surface area contributed by atoms with Crippen LogP contribution in [0.1, 0.15) is 12.5 Å². The number of methoxy groups -OCH3 is 2. The Kier molecular flexibility index (Phi) is 4.90. The molecular formula is C12H14N2O4. The zero-order valence-electron chi connectivity index (χ0n) is 10.5. The molecule has 0 aliphatic rings. The lowest BCUT2D eigenvalue weighted by Gasteiger charge is -2.07. The minimum atomic E-state index is -0.730. The van der Waals surface area contributed by atoms with Crippen molar-refractivity contribution >= 4 is 11.7 Å². The summed E-state index contributed by atoms with van der Waals surface area (Å²) in [5.74, 6) is 0.166. The molecule has 0 amide bonds. The Balaban J connectivity index is 3.27. The highest BCUT2D eigenvalue weighted by molar-refractivity contribution is 6.41.